The molecule has 1 aliphatic heterocycles. The first-order chi connectivity index (χ1) is 9.25. The van der Waals surface area contributed by atoms with Crippen LogP contribution in [0.25, 0.3) is 0 Å². The van der Waals surface area contributed by atoms with Crippen LogP contribution in [0.3, 0.4) is 0 Å². The van der Waals surface area contributed by atoms with E-state index in [1.807, 2.05) is 13.1 Å². The van der Waals surface area contributed by atoms with Crippen LogP contribution in [-0.4, -0.2) is 51.4 Å². The molecule has 0 bridgehead atoms. The Hall–Kier alpha value is -2.38. The normalized spacial score (nSPS) is 15.8. The standard InChI is InChI=1S/C11H16N8/c1-17-11(14-15-16-17)19-6-4-18(5-7-19)10-2-3-13-8-9(10)12/h2-3,8H,4-7,12H2,1H3. The first-order valence-electron chi connectivity index (χ1n) is 6.17. The van der Waals surface area contributed by atoms with Crippen LogP contribution >= 0.6 is 0 Å². The second-order valence-corrected chi connectivity index (χ2v) is 4.51. The van der Waals surface area contributed by atoms with Gasteiger partial charge in [0.25, 0.3) is 0 Å². The number of hydrogen-bond donors (Lipinski definition) is 1. The van der Waals surface area contributed by atoms with Gasteiger partial charge in [-0.2, -0.15) is 0 Å². The first kappa shape index (κ1) is 11.7. The van der Waals surface area contributed by atoms with Crippen molar-refractivity contribution >= 4 is 17.3 Å². The van der Waals surface area contributed by atoms with Crippen LogP contribution in [0.5, 0.6) is 0 Å². The Kier molecular flexibility index (Phi) is 2.90. The quantitative estimate of drug-likeness (QED) is 0.779. The summed E-state index contributed by atoms with van der Waals surface area (Å²) in [7, 11) is 1.85. The third-order valence-corrected chi connectivity index (χ3v) is 3.33. The smallest absolute Gasteiger partial charge is 0.245 e. The lowest BCUT2D eigenvalue weighted by molar-refractivity contribution is 0.617. The molecule has 100 valence electrons. The average molecular weight is 260 g/mol. The van der Waals surface area contributed by atoms with Crippen LogP contribution in [0.2, 0.25) is 0 Å². The third kappa shape index (κ3) is 2.16. The van der Waals surface area contributed by atoms with Gasteiger partial charge in [0.15, 0.2) is 0 Å². The number of pyridine rings is 1. The minimum atomic E-state index is 0.719. The van der Waals surface area contributed by atoms with Crippen LogP contribution in [0.15, 0.2) is 18.5 Å². The number of nitrogens with zero attached hydrogens (tertiary/aromatic N) is 7. The molecule has 3 heterocycles. The van der Waals surface area contributed by atoms with Gasteiger partial charge in [0.2, 0.25) is 5.95 Å². The van der Waals surface area contributed by atoms with Crippen molar-refractivity contribution in [3.8, 4) is 0 Å². The van der Waals surface area contributed by atoms with E-state index in [4.69, 9.17) is 5.73 Å². The lowest BCUT2D eigenvalue weighted by Gasteiger charge is -2.36. The zero-order valence-electron chi connectivity index (χ0n) is 10.8. The van der Waals surface area contributed by atoms with Gasteiger partial charge in [-0.25, -0.2) is 4.68 Å². The molecule has 1 aliphatic rings. The molecule has 2 N–H and O–H groups in total. The van der Waals surface area contributed by atoms with Crippen molar-refractivity contribution < 1.29 is 0 Å². The molecule has 0 atom stereocenters. The molecule has 0 aliphatic carbocycles. The van der Waals surface area contributed by atoms with Crippen molar-refractivity contribution in [1.29, 1.82) is 0 Å². The fourth-order valence-corrected chi connectivity index (χ4v) is 2.33. The molecule has 0 amide bonds. The zero-order chi connectivity index (χ0) is 13.2. The number of rotatable bonds is 2. The van der Waals surface area contributed by atoms with Gasteiger partial charge < -0.3 is 15.5 Å². The molecule has 8 heteroatoms. The molecular weight excluding hydrogens is 244 g/mol. The number of anilines is 3. The maximum atomic E-state index is 5.95. The molecule has 2 aromatic heterocycles. The van der Waals surface area contributed by atoms with Crippen molar-refractivity contribution in [2.75, 3.05) is 41.7 Å². The largest absolute Gasteiger partial charge is 0.396 e. The van der Waals surface area contributed by atoms with E-state index < -0.39 is 0 Å². The number of aryl methyl sites for hydroxylation is 1. The molecule has 0 spiro atoms. The lowest BCUT2D eigenvalue weighted by Crippen LogP contribution is -2.47. The Balaban J connectivity index is 1.70. The molecule has 1 fully saturated rings. The third-order valence-electron chi connectivity index (χ3n) is 3.33. The van der Waals surface area contributed by atoms with Crippen molar-refractivity contribution in [3.05, 3.63) is 18.5 Å². The summed E-state index contributed by atoms with van der Waals surface area (Å²) in [5.41, 5.74) is 7.72. The van der Waals surface area contributed by atoms with E-state index in [0.29, 0.717) is 0 Å². The monoisotopic (exact) mass is 260 g/mol. The van der Waals surface area contributed by atoms with E-state index >= 15 is 0 Å². The van der Waals surface area contributed by atoms with E-state index in [2.05, 4.69) is 30.3 Å². The molecule has 0 saturated carbocycles. The summed E-state index contributed by atoms with van der Waals surface area (Å²) in [6, 6.07) is 1.95. The van der Waals surface area contributed by atoms with Gasteiger partial charge in [0.05, 0.1) is 17.6 Å². The van der Waals surface area contributed by atoms with Gasteiger partial charge in [-0.1, -0.05) is 5.10 Å². The summed E-state index contributed by atoms with van der Waals surface area (Å²) in [4.78, 5) is 8.45. The van der Waals surface area contributed by atoms with E-state index in [9.17, 15) is 0 Å². The molecule has 1 saturated heterocycles. The predicted octanol–water partition coefficient (Wildman–Crippen LogP) is -0.486. The highest BCUT2D eigenvalue weighted by atomic mass is 15.6. The van der Waals surface area contributed by atoms with Gasteiger partial charge >= 0.3 is 0 Å². The summed E-state index contributed by atoms with van der Waals surface area (Å²) < 4.78 is 1.69. The Morgan fingerprint density at radius 2 is 1.89 bits per heavy atom. The molecule has 19 heavy (non-hydrogen) atoms. The summed E-state index contributed by atoms with van der Waals surface area (Å²) in [6.07, 6.45) is 3.46. The molecule has 0 unspecified atom stereocenters. The maximum absolute atomic E-state index is 5.95. The summed E-state index contributed by atoms with van der Waals surface area (Å²) >= 11 is 0. The van der Waals surface area contributed by atoms with E-state index in [1.54, 1.807) is 17.1 Å². The van der Waals surface area contributed by atoms with Gasteiger partial charge in [0, 0.05) is 39.4 Å². The summed E-state index contributed by atoms with van der Waals surface area (Å²) in [6.45, 7) is 3.52. The Bertz CT molecular complexity index is 557. The van der Waals surface area contributed by atoms with Crippen LogP contribution in [0.4, 0.5) is 17.3 Å². The first-order valence-corrected chi connectivity index (χ1v) is 6.17. The summed E-state index contributed by atoms with van der Waals surface area (Å²) in [5, 5.41) is 11.6. The highest BCUT2D eigenvalue weighted by Gasteiger charge is 2.21. The van der Waals surface area contributed by atoms with Gasteiger partial charge in [-0.05, 0) is 16.5 Å². The van der Waals surface area contributed by atoms with Crippen molar-refractivity contribution in [3.63, 3.8) is 0 Å². The molecule has 2 aromatic rings. The molecule has 0 aromatic carbocycles. The Labute approximate surface area is 110 Å². The topological polar surface area (TPSA) is 89.0 Å². The Morgan fingerprint density at radius 1 is 1.16 bits per heavy atom. The minimum Gasteiger partial charge on any atom is -0.396 e. The van der Waals surface area contributed by atoms with E-state index in [-0.39, 0.29) is 0 Å². The predicted molar refractivity (Wildman–Crippen MR) is 71.9 cm³/mol. The summed E-state index contributed by atoms with van der Waals surface area (Å²) in [5.74, 6) is 0.808. The SMILES string of the molecule is Cn1nnnc1N1CCN(c2ccncc2N)CC1. The number of nitrogens with two attached hydrogens (primary N) is 1. The second kappa shape index (κ2) is 4.71. The Morgan fingerprint density at radius 3 is 2.53 bits per heavy atom. The molecule has 8 nitrogen and oxygen atoms in total. The highest BCUT2D eigenvalue weighted by molar-refractivity contribution is 5.66. The molecular formula is C11H16N8. The maximum Gasteiger partial charge on any atom is 0.245 e. The van der Waals surface area contributed by atoms with E-state index in [0.717, 1.165) is 43.5 Å². The van der Waals surface area contributed by atoms with Crippen molar-refractivity contribution in [2.24, 2.45) is 7.05 Å². The van der Waals surface area contributed by atoms with Crippen molar-refractivity contribution in [1.82, 2.24) is 25.2 Å². The zero-order valence-corrected chi connectivity index (χ0v) is 10.8. The van der Waals surface area contributed by atoms with Gasteiger partial charge in [0.1, 0.15) is 0 Å². The number of nitrogen functional groups attached to an aromatic ring is 1. The second-order valence-electron chi connectivity index (χ2n) is 4.51. The molecule has 3 rings (SSSR count). The highest BCUT2D eigenvalue weighted by Crippen LogP contribution is 2.23. The average Bonchev–Trinajstić information content (AvgIpc) is 2.86. The van der Waals surface area contributed by atoms with Crippen LogP contribution in [-0.2, 0) is 7.05 Å². The van der Waals surface area contributed by atoms with Gasteiger partial charge in [-0.15, -0.1) is 0 Å². The van der Waals surface area contributed by atoms with E-state index in [1.165, 1.54) is 0 Å². The number of tetrazole rings is 1. The fraction of sp³-hybridized carbons (Fsp3) is 0.455. The van der Waals surface area contributed by atoms with Crippen molar-refractivity contribution in [2.45, 2.75) is 0 Å². The number of aromatic nitrogens is 5. The molecule has 0 radical (unpaired) electrons. The number of piperazine rings is 1. The van der Waals surface area contributed by atoms with Crippen LogP contribution in [0, 0.1) is 0 Å². The fourth-order valence-electron chi connectivity index (χ4n) is 2.33. The van der Waals surface area contributed by atoms with Crippen LogP contribution < -0.4 is 15.5 Å². The minimum absolute atomic E-state index is 0.719. The number of hydrogen-bond acceptors (Lipinski definition) is 7. The van der Waals surface area contributed by atoms with Crippen LogP contribution in [0.1, 0.15) is 0 Å². The van der Waals surface area contributed by atoms with Gasteiger partial charge in [-0.3, -0.25) is 4.98 Å². The lowest BCUT2D eigenvalue weighted by atomic mass is 10.2.